The predicted molar refractivity (Wildman–Crippen MR) is 93.7 cm³/mol. The number of carbonyl (C=O) groups excluding carboxylic acids is 1. The lowest BCUT2D eigenvalue weighted by Crippen LogP contribution is -2.41. The van der Waals surface area contributed by atoms with Crippen LogP contribution >= 0.6 is 0 Å². The molecule has 2 aromatic carbocycles. The van der Waals surface area contributed by atoms with E-state index in [4.69, 9.17) is 4.74 Å². The van der Waals surface area contributed by atoms with Crippen molar-refractivity contribution in [1.29, 1.82) is 0 Å². The second-order valence-electron chi connectivity index (χ2n) is 6.21. The Balaban J connectivity index is 2.10. The number of hydrogen-bond acceptors (Lipinski definition) is 2. The second kappa shape index (κ2) is 7.75. The maximum atomic E-state index is 11.1. The van der Waals surface area contributed by atoms with Crippen molar-refractivity contribution in [1.82, 2.24) is 0 Å². The van der Waals surface area contributed by atoms with E-state index in [9.17, 15) is 4.79 Å². The molecule has 2 aromatic rings. The highest BCUT2D eigenvalue weighted by atomic mass is 16.5. The Bertz CT molecular complexity index is 662. The number of rotatable bonds is 7. The molecule has 0 aromatic heterocycles. The monoisotopic (exact) mass is 310 g/mol. The fourth-order valence-corrected chi connectivity index (χ4v) is 2.55. The van der Waals surface area contributed by atoms with Gasteiger partial charge in [-0.2, -0.15) is 0 Å². The second-order valence-corrected chi connectivity index (χ2v) is 6.21. The number of benzene rings is 2. The van der Waals surface area contributed by atoms with Gasteiger partial charge >= 0.3 is 5.97 Å². The highest BCUT2D eigenvalue weighted by Crippen LogP contribution is 2.25. The molecule has 3 heteroatoms. The van der Waals surface area contributed by atoms with Gasteiger partial charge in [0.2, 0.25) is 0 Å². The summed E-state index contributed by atoms with van der Waals surface area (Å²) in [4.78, 5) is 11.1. The minimum Gasteiger partial charge on any atom is -0.457 e. The van der Waals surface area contributed by atoms with Crippen LogP contribution in [0.5, 0.6) is 0 Å². The van der Waals surface area contributed by atoms with Crippen LogP contribution in [0.3, 0.4) is 0 Å². The normalized spacial score (nSPS) is 11.0. The molecule has 0 atom stereocenters. The largest absolute Gasteiger partial charge is 0.457 e. The first-order valence-corrected chi connectivity index (χ1v) is 7.76. The topological polar surface area (TPSA) is 26.3 Å². The number of nitrogens with zero attached hydrogens (tertiary/aromatic N) is 1. The molecule has 0 fully saturated rings. The minimum atomic E-state index is -0.366. The van der Waals surface area contributed by atoms with Crippen LogP contribution in [-0.2, 0) is 16.1 Å². The lowest BCUT2D eigenvalue weighted by Gasteiger charge is -2.30. The summed E-state index contributed by atoms with van der Waals surface area (Å²) >= 11 is 0. The van der Waals surface area contributed by atoms with Crippen LogP contribution in [0.25, 0.3) is 11.1 Å². The van der Waals surface area contributed by atoms with Crippen LogP contribution in [0.4, 0.5) is 0 Å². The van der Waals surface area contributed by atoms with E-state index in [-0.39, 0.29) is 5.97 Å². The van der Waals surface area contributed by atoms with Crippen LogP contribution < -0.4 is 0 Å². The van der Waals surface area contributed by atoms with E-state index >= 15 is 0 Å². The van der Waals surface area contributed by atoms with E-state index in [1.54, 1.807) is 0 Å². The van der Waals surface area contributed by atoms with Gasteiger partial charge in [0.1, 0.15) is 19.7 Å². The van der Waals surface area contributed by atoms with Crippen molar-refractivity contribution < 1.29 is 14.0 Å². The highest BCUT2D eigenvalue weighted by Gasteiger charge is 2.18. The average Bonchev–Trinajstić information content (AvgIpc) is 2.55. The fraction of sp³-hybridized carbons (Fsp3) is 0.250. The zero-order chi connectivity index (χ0) is 16.7. The van der Waals surface area contributed by atoms with E-state index in [1.807, 2.05) is 6.07 Å². The summed E-state index contributed by atoms with van der Waals surface area (Å²) in [5, 5.41) is 0. The third kappa shape index (κ3) is 5.08. The zero-order valence-electron chi connectivity index (χ0n) is 13.9. The van der Waals surface area contributed by atoms with E-state index in [1.165, 1.54) is 22.8 Å². The summed E-state index contributed by atoms with van der Waals surface area (Å²) in [6.07, 6.45) is 1.20. The SMILES string of the molecule is C=CC(=O)OCC[N+](C)(C)Cc1ccccc1-c1ccccc1. The van der Waals surface area contributed by atoms with Crippen LogP contribution in [0.1, 0.15) is 5.56 Å². The standard InChI is InChI=1S/C20H24NO2/c1-4-20(22)23-15-14-21(2,3)16-18-12-8-9-13-19(18)17-10-6-5-7-11-17/h4-13H,1,14-16H2,2-3H3/q+1. The Morgan fingerprint density at radius 2 is 1.74 bits per heavy atom. The number of hydrogen-bond donors (Lipinski definition) is 0. The van der Waals surface area contributed by atoms with Crippen LogP contribution in [0.2, 0.25) is 0 Å². The van der Waals surface area contributed by atoms with Crippen molar-refractivity contribution in [2.24, 2.45) is 0 Å². The lowest BCUT2D eigenvalue weighted by atomic mass is 9.99. The number of quaternary nitrogens is 1. The van der Waals surface area contributed by atoms with Crippen molar-refractivity contribution >= 4 is 5.97 Å². The molecule has 120 valence electrons. The zero-order valence-corrected chi connectivity index (χ0v) is 13.9. The molecule has 0 N–H and O–H groups in total. The summed E-state index contributed by atoms with van der Waals surface area (Å²) in [5.74, 6) is -0.366. The van der Waals surface area contributed by atoms with Crippen LogP contribution in [-0.4, -0.2) is 37.7 Å². The molecular weight excluding hydrogens is 286 g/mol. The molecule has 23 heavy (non-hydrogen) atoms. The average molecular weight is 310 g/mol. The Labute approximate surface area is 138 Å². The number of ether oxygens (including phenoxy) is 1. The molecule has 0 aliphatic rings. The molecule has 0 radical (unpaired) electrons. The Morgan fingerprint density at radius 3 is 2.43 bits per heavy atom. The molecule has 0 saturated heterocycles. The van der Waals surface area contributed by atoms with E-state index in [0.29, 0.717) is 6.61 Å². The summed E-state index contributed by atoms with van der Waals surface area (Å²) in [6, 6.07) is 18.9. The Kier molecular flexibility index (Phi) is 5.72. The minimum absolute atomic E-state index is 0.366. The van der Waals surface area contributed by atoms with Gasteiger partial charge in [-0.15, -0.1) is 0 Å². The fourth-order valence-electron chi connectivity index (χ4n) is 2.55. The third-order valence-corrected chi connectivity index (χ3v) is 3.81. The molecular formula is C20H24NO2+. The van der Waals surface area contributed by atoms with E-state index in [2.05, 4.69) is 69.2 Å². The molecule has 0 amide bonds. The van der Waals surface area contributed by atoms with Crippen molar-refractivity contribution in [3.05, 3.63) is 72.8 Å². The van der Waals surface area contributed by atoms with E-state index < -0.39 is 0 Å². The van der Waals surface area contributed by atoms with Gasteiger partial charge in [0.25, 0.3) is 0 Å². The first-order valence-electron chi connectivity index (χ1n) is 7.76. The van der Waals surface area contributed by atoms with Crippen molar-refractivity contribution in [3.63, 3.8) is 0 Å². The third-order valence-electron chi connectivity index (χ3n) is 3.81. The molecule has 0 saturated carbocycles. The van der Waals surface area contributed by atoms with Crippen molar-refractivity contribution in [2.45, 2.75) is 6.54 Å². The van der Waals surface area contributed by atoms with Gasteiger partial charge in [-0.05, 0) is 11.1 Å². The summed E-state index contributed by atoms with van der Waals surface area (Å²) in [6.45, 7) is 5.43. The van der Waals surface area contributed by atoms with Gasteiger partial charge in [0, 0.05) is 11.6 Å². The Morgan fingerprint density at radius 1 is 1.09 bits per heavy atom. The maximum absolute atomic E-state index is 11.1. The van der Waals surface area contributed by atoms with Crippen LogP contribution in [0.15, 0.2) is 67.3 Å². The van der Waals surface area contributed by atoms with Gasteiger partial charge in [0.15, 0.2) is 0 Å². The molecule has 0 spiro atoms. The van der Waals surface area contributed by atoms with Gasteiger partial charge in [0.05, 0.1) is 14.1 Å². The van der Waals surface area contributed by atoms with Crippen molar-refractivity contribution in [3.8, 4) is 11.1 Å². The molecule has 2 rings (SSSR count). The highest BCUT2D eigenvalue weighted by molar-refractivity contribution is 5.81. The number of likely N-dealkylation sites (N-methyl/N-ethyl adjacent to an activating group) is 1. The van der Waals surface area contributed by atoms with Crippen molar-refractivity contribution in [2.75, 3.05) is 27.2 Å². The first kappa shape index (κ1) is 17.0. The smallest absolute Gasteiger partial charge is 0.330 e. The van der Waals surface area contributed by atoms with Crippen LogP contribution in [0, 0.1) is 0 Å². The number of carbonyl (C=O) groups is 1. The summed E-state index contributed by atoms with van der Waals surface area (Å²) in [5.41, 5.74) is 3.77. The Hall–Kier alpha value is -2.39. The predicted octanol–water partition coefficient (Wildman–Crippen LogP) is 3.66. The van der Waals surface area contributed by atoms with Gasteiger partial charge in [-0.1, -0.05) is 61.2 Å². The maximum Gasteiger partial charge on any atom is 0.330 e. The lowest BCUT2D eigenvalue weighted by molar-refractivity contribution is -0.903. The first-order chi connectivity index (χ1) is 11.0. The van der Waals surface area contributed by atoms with Gasteiger partial charge in [-0.3, -0.25) is 0 Å². The van der Waals surface area contributed by atoms with Gasteiger partial charge in [-0.25, -0.2) is 4.79 Å². The number of esters is 1. The van der Waals surface area contributed by atoms with E-state index in [0.717, 1.165) is 17.6 Å². The quantitative estimate of drug-likeness (QED) is 0.443. The summed E-state index contributed by atoms with van der Waals surface area (Å²) in [7, 11) is 4.28. The molecule has 0 heterocycles. The van der Waals surface area contributed by atoms with Gasteiger partial charge < -0.3 is 9.22 Å². The molecule has 3 nitrogen and oxygen atoms in total. The summed E-state index contributed by atoms with van der Waals surface area (Å²) < 4.78 is 5.85. The molecule has 0 unspecified atom stereocenters. The molecule has 0 bridgehead atoms. The molecule has 0 aliphatic carbocycles. The molecule has 0 aliphatic heterocycles.